The third-order valence-corrected chi connectivity index (χ3v) is 4.10. The SMILES string of the molecule is CCOc1ccc2nc(NC(=O)CCCNC(=O)OC(C)(C)C)sc2c1. The number of hydrogen-bond acceptors (Lipinski definition) is 6. The standard InChI is InChI=1S/C18H25N3O4S/c1-5-24-12-8-9-13-14(11-12)26-16(20-13)21-15(22)7-6-10-19-17(23)25-18(2,3)4/h8-9,11H,5-7,10H2,1-4H3,(H,19,23)(H,20,21,22). The summed E-state index contributed by atoms with van der Waals surface area (Å²) in [6.07, 6.45) is 0.328. The van der Waals surface area contributed by atoms with E-state index in [9.17, 15) is 9.59 Å². The van der Waals surface area contributed by atoms with Crippen LogP contribution >= 0.6 is 11.3 Å². The van der Waals surface area contributed by atoms with E-state index in [1.54, 1.807) is 20.8 Å². The van der Waals surface area contributed by atoms with Gasteiger partial charge in [0.25, 0.3) is 0 Å². The minimum atomic E-state index is -0.531. The van der Waals surface area contributed by atoms with Crippen LogP contribution in [0, 0.1) is 0 Å². The van der Waals surface area contributed by atoms with Gasteiger partial charge in [0.1, 0.15) is 11.4 Å². The summed E-state index contributed by atoms with van der Waals surface area (Å²) in [5.74, 6) is 0.648. The van der Waals surface area contributed by atoms with Gasteiger partial charge in [-0.15, -0.1) is 0 Å². The highest BCUT2D eigenvalue weighted by molar-refractivity contribution is 7.22. The Kier molecular flexibility index (Phi) is 6.79. The van der Waals surface area contributed by atoms with Gasteiger partial charge in [-0.2, -0.15) is 0 Å². The lowest BCUT2D eigenvalue weighted by molar-refractivity contribution is -0.116. The van der Waals surface area contributed by atoms with Crippen molar-refractivity contribution < 1.29 is 19.1 Å². The molecule has 2 aromatic rings. The average Bonchev–Trinajstić information content (AvgIpc) is 2.91. The highest BCUT2D eigenvalue weighted by Gasteiger charge is 2.15. The molecule has 0 aliphatic heterocycles. The molecule has 0 fully saturated rings. The molecule has 0 radical (unpaired) electrons. The van der Waals surface area contributed by atoms with Crippen molar-refractivity contribution in [3.63, 3.8) is 0 Å². The van der Waals surface area contributed by atoms with Gasteiger partial charge in [0, 0.05) is 13.0 Å². The first kappa shape index (κ1) is 20.0. The number of fused-ring (bicyclic) bond motifs is 1. The summed E-state index contributed by atoms with van der Waals surface area (Å²) in [7, 11) is 0. The number of nitrogens with zero attached hydrogens (tertiary/aromatic N) is 1. The molecule has 0 atom stereocenters. The molecule has 0 unspecified atom stereocenters. The molecule has 8 heteroatoms. The Hall–Kier alpha value is -2.35. The average molecular weight is 379 g/mol. The molecule has 1 aromatic heterocycles. The number of amides is 2. The van der Waals surface area contributed by atoms with E-state index in [0.29, 0.717) is 24.7 Å². The second-order valence-electron chi connectivity index (χ2n) is 6.66. The number of aromatic nitrogens is 1. The van der Waals surface area contributed by atoms with E-state index in [1.165, 1.54) is 11.3 Å². The lowest BCUT2D eigenvalue weighted by Crippen LogP contribution is -2.33. The normalized spacial score (nSPS) is 11.2. The Labute approximate surface area is 157 Å². The fourth-order valence-corrected chi connectivity index (χ4v) is 3.06. The van der Waals surface area contributed by atoms with E-state index in [-0.39, 0.29) is 12.3 Å². The summed E-state index contributed by atoms with van der Waals surface area (Å²) in [5, 5.41) is 5.98. The van der Waals surface area contributed by atoms with Crippen molar-refractivity contribution >= 4 is 38.7 Å². The molecule has 0 aliphatic rings. The van der Waals surface area contributed by atoms with Gasteiger partial charge < -0.3 is 20.1 Å². The second kappa shape index (κ2) is 8.84. The van der Waals surface area contributed by atoms with Gasteiger partial charge in [-0.25, -0.2) is 9.78 Å². The number of benzene rings is 1. The number of carbonyl (C=O) groups is 2. The van der Waals surface area contributed by atoms with E-state index in [1.807, 2.05) is 25.1 Å². The van der Waals surface area contributed by atoms with Crippen molar-refractivity contribution in [2.45, 2.75) is 46.1 Å². The Morgan fingerprint density at radius 2 is 2.04 bits per heavy atom. The van der Waals surface area contributed by atoms with Gasteiger partial charge in [-0.3, -0.25) is 4.79 Å². The first-order valence-corrected chi connectivity index (χ1v) is 9.38. The van der Waals surface area contributed by atoms with Gasteiger partial charge in [0.05, 0.1) is 16.8 Å². The van der Waals surface area contributed by atoms with Gasteiger partial charge >= 0.3 is 6.09 Å². The minimum Gasteiger partial charge on any atom is -0.494 e. The Balaban J connectivity index is 1.77. The first-order chi connectivity index (χ1) is 12.3. The van der Waals surface area contributed by atoms with E-state index < -0.39 is 11.7 Å². The number of thiazole rings is 1. The molecule has 26 heavy (non-hydrogen) atoms. The maximum Gasteiger partial charge on any atom is 0.407 e. The van der Waals surface area contributed by atoms with Crippen LogP contribution in [0.5, 0.6) is 5.75 Å². The van der Waals surface area contributed by atoms with Crippen LogP contribution in [0.1, 0.15) is 40.5 Å². The van der Waals surface area contributed by atoms with Crippen LogP contribution in [0.15, 0.2) is 18.2 Å². The highest BCUT2D eigenvalue weighted by Crippen LogP contribution is 2.29. The molecular formula is C18H25N3O4S. The van der Waals surface area contributed by atoms with Gasteiger partial charge in [0.15, 0.2) is 5.13 Å². The summed E-state index contributed by atoms with van der Waals surface area (Å²) < 4.78 is 11.6. The Morgan fingerprint density at radius 1 is 1.27 bits per heavy atom. The van der Waals surface area contributed by atoms with Gasteiger partial charge in [-0.05, 0) is 52.3 Å². The third kappa shape index (κ3) is 6.51. The zero-order valence-corrected chi connectivity index (χ0v) is 16.4. The maximum absolute atomic E-state index is 12.0. The summed E-state index contributed by atoms with van der Waals surface area (Å²) in [6, 6.07) is 5.65. The second-order valence-corrected chi connectivity index (χ2v) is 7.69. The Bertz CT molecular complexity index is 767. The molecule has 7 nitrogen and oxygen atoms in total. The Morgan fingerprint density at radius 3 is 2.73 bits per heavy atom. The number of hydrogen-bond donors (Lipinski definition) is 2. The third-order valence-electron chi connectivity index (χ3n) is 3.17. The summed E-state index contributed by atoms with van der Waals surface area (Å²) in [5.41, 5.74) is 0.288. The monoisotopic (exact) mass is 379 g/mol. The van der Waals surface area contributed by atoms with Crippen molar-refractivity contribution in [3.8, 4) is 5.75 Å². The molecule has 0 bridgehead atoms. The number of rotatable bonds is 7. The van der Waals surface area contributed by atoms with E-state index in [2.05, 4.69) is 15.6 Å². The quantitative estimate of drug-likeness (QED) is 0.711. The van der Waals surface area contributed by atoms with Crippen LogP contribution in [0.2, 0.25) is 0 Å². The van der Waals surface area contributed by atoms with Gasteiger partial charge in [-0.1, -0.05) is 11.3 Å². The predicted molar refractivity (Wildman–Crippen MR) is 103 cm³/mol. The van der Waals surface area contributed by atoms with Crippen molar-refractivity contribution in [1.29, 1.82) is 0 Å². The van der Waals surface area contributed by atoms with Crippen molar-refractivity contribution in [2.75, 3.05) is 18.5 Å². The number of carbonyl (C=O) groups excluding carboxylic acids is 2. The molecule has 2 N–H and O–H groups in total. The van der Waals surface area contributed by atoms with E-state index >= 15 is 0 Å². The molecule has 0 saturated heterocycles. The van der Waals surface area contributed by atoms with Crippen molar-refractivity contribution in [2.24, 2.45) is 0 Å². The topological polar surface area (TPSA) is 89.5 Å². The minimum absolute atomic E-state index is 0.139. The number of ether oxygens (including phenoxy) is 2. The fourth-order valence-electron chi connectivity index (χ4n) is 2.15. The summed E-state index contributed by atoms with van der Waals surface area (Å²) in [6.45, 7) is 8.31. The van der Waals surface area contributed by atoms with Crippen LogP contribution < -0.4 is 15.4 Å². The lowest BCUT2D eigenvalue weighted by Gasteiger charge is -2.19. The van der Waals surface area contributed by atoms with Crippen LogP contribution in [-0.2, 0) is 9.53 Å². The molecular weight excluding hydrogens is 354 g/mol. The molecule has 2 rings (SSSR count). The molecule has 0 saturated carbocycles. The molecule has 2 amide bonds. The smallest absolute Gasteiger partial charge is 0.407 e. The van der Waals surface area contributed by atoms with E-state index in [4.69, 9.17) is 9.47 Å². The van der Waals surface area contributed by atoms with Crippen LogP contribution in [0.25, 0.3) is 10.2 Å². The highest BCUT2D eigenvalue weighted by atomic mass is 32.1. The summed E-state index contributed by atoms with van der Waals surface area (Å²) in [4.78, 5) is 27.9. The lowest BCUT2D eigenvalue weighted by atomic mass is 10.2. The van der Waals surface area contributed by atoms with E-state index in [0.717, 1.165) is 16.0 Å². The summed E-state index contributed by atoms with van der Waals surface area (Å²) >= 11 is 1.40. The van der Waals surface area contributed by atoms with Crippen LogP contribution in [-0.4, -0.2) is 35.7 Å². The molecule has 142 valence electrons. The number of alkyl carbamates (subject to hydrolysis) is 1. The fraction of sp³-hybridized carbons (Fsp3) is 0.500. The first-order valence-electron chi connectivity index (χ1n) is 8.57. The van der Waals surface area contributed by atoms with Crippen LogP contribution in [0.3, 0.4) is 0 Å². The number of nitrogens with one attached hydrogen (secondary N) is 2. The largest absolute Gasteiger partial charge is 0.494 e. The van der Waals surface area contributed by atoms with Crippen molar-refractivity contribution in [1.82, 2.24) is 10.3 Å². The maximum atomic E-state index is 12.0. The van der Waals surface area contributed by atoms with Crippen LogP contribution in [0.4, 0.5) is 9.93 Å². The molecule has 1 heterocycles. The molecule has 0 aliphatic carbocycles. The predicted octanol–water partition coefficient (Wildman–Crippen LogP) is 3.94. The number of anilines is 1. The molecule has 1 aromatic carbocycles. The molecule has 0 spiro atoms. The van der Waals surface area contributed by atoms with Gasteiger partial charge in [0.2, 0.25) is 5.91 Å². The van der Waals surface area contributed by atoms with Crippen molar-refractivity contribution in [3.05, 3.63) is 18.2 Å². The zero-order chi connectivity index (χ0) is 19.2. The zero-order valence-electron chi connectivity index (χ0n) is 15.5.